The molecule has 20 heavy (non-hydrogen) atoms. The van der Waals surface area contributed by atoms with Gasteiger partial charge in [-0.3, -0.25) is 14.5 Å². The summed E-state index contributed by atoms with van der Waals surface area (Å²) in [6.45, 7) is 0.0832. The molecule has 0 unspecified atom stereocenters. The van der Waals surface area contributed by atoms with Crippen molar-refractivity contribution in [3.63, 3.8) is 0 Å². The van der Waals surface area contributed by atoms with E-state index in [1.807, 2.05) is 6.07 Å². The van der Waals surface area contributed by atoms with Gasteiger partial charge in [0.2, 0.25) is 0 Å². The summed E-state index contributed by atoms with van der Waals surface area (Å²) >= 11 is 12.3. The van der Waals surface area contributed by atoms with Crippen LogP contribution in [-0.4, -0.2) is 32.7 Å². The first-order chi connectivity index (χ1) is 9.49. The minimum Gasteiger partial charge on any atom is -0.481 e. The molecule has 104 valence electrons. The second-order valence-corrected chi connectivity index (χ2v) is 6.08. The third kappa shape index (κ3) is 3.39. The summed E-state index contributed by atoms with van der Waals surface area (Å²) in [6, 6.07) is 7.16. The number of benzene rings is 1. The van der Waals surface area contributed by atoms with Crippen molar-refractivity contribution in [1.82, 2.24) is 4.90 Å². The molecule has 7 heteroatoms. The Morgan fingerprint density at radius 3 is 2.80 bits per heavy atom. The van der Waals surface area contributed by atoms with Gasteiger partial charge in [-0.15, -0.1) is 0 Å². The number of halogens is 1. The Hall–Kier alpha value is -1.37. The number of carboxylic acid groups (broad SMARTS) is 1. The number of aliphatic carboxylic acids is 1. The zero-order valence-electron chi connectivity index (χ0n) is 10.2. The molecule has 0 atom stereocenters. The van der Waals surface area contributed by atoms with Gasteiger partial charge in [-0.1, -0.05) is 53.8 Å². The van der Waals surface area contributed by atoms with Gasteiger partial charge in [-0.05, 0) is 17.7 Å². The monoisotopic (exact) mass is 327 g/mol. The van der Waals surface area contributed by atoms with Gasteiger partial charge in [-0.25, -0.2) is 0 Å². The van der Waals surface area contributed by atoms with Crippen LogP contribution >= 0.6 is 35.6 Å². The van der Waals surface area contributed by atoms with Crippen molar-refractivity contribution in [1.29, 1.82) is 0 Å². The molecule has 4 nitrogen and oxygen atoms in total. The van der Waals surface area contributed by atoms with Gasteiger partial charge in [0.1, 0.15) is 4.32 Å². The van der Waals surface area contributed by atoms with Gasteiger partial charge in [0, 0.05) is 11.6 Å². The Labute approximate surface area is 130 Å². The van der Waals surface area contributed by atoms with Gasteiger partial charge < -0.3 is 5.11 Å². The number of hydrogen-bond acceptors (Lipinski definition) is 4. The lowest BCUT2D eigenvalue weighted by Gasteiger charge is -2.12. The Morgan fingerprint density at radius 1 is 1.45 bits per heavy atom. The lowest BCUT2D eigenvalue weighted by molar-refractivity contribution is -0.137. The number of nitrogens with zero attached hydrogens (tertiary/aromatic N) is 1. The lowest BCUT2D eigenvalue weighted by atomic mass is 10.2. The van der Waals surface area contributed by atoms with Crippen LogP contribution in [0.3, 0.4) is 0 Å². The third-order valence-electron chi connectivity index (χ3n) is 2.61. The van der Waals surface area contributed by atoms with Gasteiger partial charge >= 0.3 is 5.97 Å². The van der Waals surface area contributed by atoms with Crippen LogP contribution in [0, 0.1) is 0 Å². The van der Waals surface area contributed by atoms with E-state index in [1.165, 1.54) is 4.90 Å². The number of carbonyl (C=O) groups excluding carboxylic acids is 1. The van der Waals surface area contributed by atoms with Crippen molar-refractivity contribution in [2.24, 2.45) is 0 Å². The quantitative estimate of drug-likeness (QED) is 0.680. The Balaban J connectivity index is 2.19. The Kier molecular flexibility index (Phi) is 4.80. The standard InChI is InChI=1S/C13H10ClNO3S2/c14-9-4-2-1-3-8(9)7-10-12(18)15(13(19)20-10)6-5-11(16)17/h1-4,7H,5-6H2,(H,16,17)/b10-7-. The predicted molar refractivity (Wildman–Crippen MR) is 83.6 cm³/mol. The lowest BCUT2D eigenvalue weighted by Crippen LogP contribution is -2.30. The van der Waals surface area contributed by atoms with E-state index in [0.717, 1.165) is 17.3 Å². The number of thiocarbonyl (C=S) groups is 1. The molecule has 1 fully saturated rings. The van der Waals surface area contributed by atoms with E-state index in [9.17, 15) is 9.59 Å². The second kappa shape index (κ2) is 6.39. The number of amides is 1. The van der Waals surface area contributed by atoms with Gasteiger partial charge in [-0.2, -0.15) is 0 Å². The van der Waals surface area contributed by atoms with Crippen molar-refractivity contribution in [2.75, 3.05) is 6.54 Å². The highest BCUT2D eigenvalue weighted by Gasteiger charge is 2.32. The highest BCUT2D eigenvalue weighted by molar-refractivity contribution is 8.26. The summed E-state index contributed by atoms with van der Waals surface area (Å²) in [5, 5.41) is 9.21. The van der Waals surface area contributed by atoms with E-state index in [4.69, 9.17) is 28.9 Å². The van der Waals surface area contributed by atoms with Crippen molar-refractivity contribution < 1.29 is 14.7 Å². The fourth-order valence-electron chi connectivity index (χ4n) is 1.63. The average molecular weight is 328 g/mol. The average Bonchev–Trinajstić information content (AvgIpc) is 2.65. The minimum atomic E-state index is -0.964. The highest BCUT2D eigenvalue weighted by atomic mass is 35.5. The van der Waals surface area contributed by atoms with Crippen LogP contribution in [0.4, 0.5) is 0 Å². The maximum atomic E-state index is 12.2. The van der Waals surface area contributed by atoms with Crippen LogP contribution in [0.5, 0.6) is 0 Å². The third-order valence-corrected chi connectivity index (χ3v) is 4.34. The molecule has 0 aromatic heterocycles. The number of hydrogen-bond donors (Lipinski definition) is 1. The fraction of sp³-hybridized carbons (Fsp3) is 0.154. The largest absolute Gasteiger partial charge is 0.481 e. The molecule has 1 saturated heterocycles. The molecule has 1 aliphatic heterocycles. The van der Waals surface area contributed by atoms with Crippen LogP contribution < -0.4 is 0 Å². The van der Waals surface area contributed by atoms with Crippen LogP contribution in [-0.2, 0) is 9.59 Å². The molecular weight excluding hydrogens is 318 g/mol. The maximum absolute atomic E-state index is 12.2. The summed E-state index contributed by atoms with van der Waals surface area (Å²) in [6.07, 6.45) is 1.54. The van der Waals surface area contributed by atoms with Crippen molar-refractivity contribution >= 4 is 57.9 Å². The van der Waals surface area contributed by atoms with E-state index < -0.39 is 5.97 Å². The van der Waals surface area contributed by atoms with Crippen LogP contribution in [0.1, 0.15) is 12.0 Å². The van der Waals surface area contributed by atoms with Crippen LogP contribution in [0.15, 0.2) is 29.2 Å². The Bertz CT molecular complexity index is 615. The molecule has 0 aliphatic carbocycles. The van der Waals surface area contributed by atoms with Crippen molar-refractivity contribution in [3.05, 3.63) is 39.8 Å². The van der Waals surface area contributed by atoms with Crippen molar-refractivity contribution in [3.8, 4) is 0 Å². The number of carboxylic acids is 1. The number of carbonyl (C=O) groups is 2. The van der Waals surface area contributed by atoms with Crippen LogP contribution in [0.25, 0.3) is 6.08 Å². The molecule has 1 aromatic carbocycles. The van der Waals surface area contributed by atoms with E-state index in [2.05, 4.69) is 0 Å². The van der Waals surface area contributed by atoms with E-state index in [1.54, 1.807) is 24.3 Å². The molecule has 1 N–H and O–H groups in total. The van der Waals surface area contributed by atoms with Crippen LogP contribution in [0.2, 0.25) is 5.02 Å². The van der Waals surface area contributed by atoms with Crippen molar-refractivity contribution in [2.45, 2.75) is 6.42 Å². The summed E-state index contributed by atoms with van der Waals surface area (Å²) < 4.78 is 0.370. The fourth-order valence-corrected chi connectivity index (χ4v) is 3.12. The van der Waals surface area contributed by atoms with E-state index in [-0.39, 0.29) is 18.9 Å². The zero-order valence-corrected chi connectivity index (χ0v) is 12.6. The molecule has 0 bridgehead atoms. The first-order valence-electron chi connectivity index (χ1n) is 5.70. The number of rotatable bonds is 4. The first kappa shape index (κ1) is 15.0. The smallest absolute Gasteiger partial charge is 0.305 e. The summed E-state index contributed by atoms with van der Waals surface area (Å²) in [7, 11) is 0. The molecule has 0 saturated carbocycles. The normalized spacial score (nSPS) is 17.1. The molecule has 0 spiro atoms. The summed E-state index contributed by atoms with van der Waals surface area (Å²) in [5.74, 6) is -1.24. The second-order valence-electron chi connectivity index (χ2n) is 4.00. The summed E-state index contributed by atoms with van der Waals surface area (Å²) in [5.41, 5.74) is 0.730. The van der Waals surface area contributed by atoms with E-state index >= 15 is 0 Å². The van der Waals surface area contributed by atoms with E-state index in [0.29, 0.717) is 14.2 Å². The molecule has 1 heterocycles. The molecular formula is C13H10ClNO3S2. The number of thioether (sulfide) groups is 1. The maximum Gasteiger partial charge on any atom is 0.305 e. The first-order valence-corrected chi connectivity index (χ1v) is 7.31. The van der Waals surface area contributed by atoms with Gasteiger partial charge in [0.25, 0.3) is 5.91 Å². The minimum absolute atomic E-state index is 0.0832. The SMILES string of the molecule is O=C(O)CCN1C(=O)/C(=C/c2ccccc2Cl)SC1=S. The zero-order chi connectivity index (χ0) is 14.7. The van der Waals surface area contributed by atoms with Gasteiger partial charge in [0.05, 0.1) is 11.3 Å². The molecule has 0 radical (unpaired) electrons. The molecule has 1 aromatic rings. The summed E-state index contributed by atoms with van der Waals surface area (Å²) in [4.78, 5) is 24.5. The molecule has 1 aliphatic rings. The highest BCUT2D eigenvalue weighted by Crippen LogP contribution is 2.33. The predicted octanol–water partition coefficient (Wildman–Crippen LogP) is 3.02. The molecule has 2 rings (SSSR count). The topological polar surface area (TPSA) is 57.6 Å². The molecule has 1 amide bonds. The van der Waals surface area contributed by atoms with Gasteiger partial charge in [0.15, 0.2) is 0 Å². The Morgan fingerprint density at radius 2 is 2.15 bits per heavy atom.